The van der Waals surface area contributed by atoms with Crippen LogP contribution < -0.4 is 10.2 Å². The van der Waals surface area contributed by atoms with Gasteiger partial charge in [-0.3, -0.25) is 0 Å². The molecule has 0 spiro atoms. The summed E-state index contributed by atoms with van der Waals surface area (Å²) in [5.41, 5.74) is 0.355. The summed E-state index contributed by atoms with van der Waals surface area (Å²) in [6.45, 7) is 0. The second kappa shape index (κ2) is 5.54. The van der Waals surface area contributed by atoms with Gasteiger partial charge < -0.3 is 10.2 Å². The number of hydrogen-bond donors (Lipinski definition) is 1. The molecule has 19 heavy (non-hydrogen) atoms. The molecule has 0 unspecified atom stereocenters. The molecule has 8 heteroatoms. The van der Waals surface area contributed by atoms with Gasteiger partial charge in [-0.1, -0.05) is 11.6 Å². The Labute approximate surface area is 119 Å². The van der Waals surface area contributed by atoms with Gasteiger partial charge in [-0.15, -0.1) is 0 Å². The SMILES string of the molecule is CN(C)c1nc(Cl)nc(Nc2cc(F)ccc2Cl)n1. The first-order valence-electron chi connectivity index (χ1n) is 5.26. The number of hydrogen-bond acceptors (Lipinski definition) is 5. The molecule has 0 saturated carbocycles. The molecule has 1 aromatic heterocycles. The molecule has 0 saturated heterocycles. The third-order valence-electron chi connectivity index (χ3n) is 2.17. The van der Waals surface area contributed by atoms with Gasteiger partial charge >= 0.3 is 0 Å². The highest BCUT2D eigenvalue weighted by molar-refractivity contribution is 6.33. The van der Waals surface area contributed by atoms with Crippen molar-refractivity contribution in [3.8, 4) is 0 Å². The Bertz CT molecular complexity index is 606. The molecule has 0 aliphatic rings. The van der Waals surface area contributed by atoms with E-state index in [1.165, 1.54) is 18.2 Å². The summed E-state index contributed by atoms with van der Waals surface area (Å²) in [5.74, 6) is 0.158. The summed E-state index contributed by atoms with van der Waals surface area (Å²) >= 11 is 11.7. The van der Waals surface area contributed by atoms with Gasteiger partial charge in [0, 0.05) is 14.1 Å². The number of halogens is 3. The van der Waals surface area contributed by atoms with Gasteiger partial charge in [0.2, 0.25) is 17.2 Å². The van der Waals surface area contributed by atoms with E-state index in [0.717, 1.165) is 0 Å². The van der Waals surface area contributed by atoms with Crippen LogP contribution in [0.25, 0.3) is 0 Å². The molecule has 2 aromatic rings. The molecular formula is C11H10Cl2FN5. The van der Waals surface area contributed by atoms with Crippen LogP contribution in [0.4, 0.5) is 22.0 Å². The maximum atomic E-state index is 13.2. The van der Waals surface area contributed by atoms with Crippen LogP contribution in [-0.4, -0.2) is 29.0 Å². The maximum Gasteiger partial charge on any atom is 0.233 e. The van der Waals surface area contributed by atoms with Gasteiger partial charge in [-0.05, 0) is 29.8 Å². The molecule has 2 rings (SSSR count). The summed E-state index contributed by atoms with van der Waals surface area (Å²) in [6, 6.07) is 3.95. The van der Waals surface area contributed by atoms with E-state index in [0.29, 0.717) is 16.7 Å². The first-order valence-corrected chi connectivity index (χ1v) is 6.02. The first-order chi connectivity index (χ1) is 8.95. The zero-order chi connectivity index (χ0) is 14.0. The number of anilines is 3. The maximum absolute atomic E-state index is 13.2. The average molecular weight is 302 g/mol. The summed E-state index contributed by atoms with van der Waals surface area (Å²) in [7, 11) is 3.54. The number of nitrogens with one attached hydrogen (secondary N) is 1. The van der Waals surface area contributed by atoms with Crippen molar-refractivity contribution in [2.24, 2.45) is 0 Å². The lowest BCUT2D eigenvalue weighted by atomic mass is 10.3. The molecular weight excluding hydrogens is 292 g/mol. The lowest BCUT2D eigenvalue weighted by Crippen LogP contribution is -2.14. The molecule has 1 N–H and O–H groups in total. The van der Waals surface area contributed by atoms with Crippen LogP contribution in [-0.2, 0) is 0 Å². The van der Waals surface area contributed by atoms with Crippen LogP contribution in [0.15, 0.2) is 18.2 Å². The average Bonchev–Trinajstić information content (AvgIpc) is 2.33. The fourth-order valence-electron chi connectivity index (χ4n) is 1.31. The number of nitrogens with zero attached hydrogens (tertiary/aromatic N) is 4. The standard InChI is InChI=1S/C11H10Cl2FN5/c1-19(2)11-17-9(13)16-10(18-11)15-8-5-6(14)3-4-7(8)12/h3-5H,1-2H3,(H,15,16,17,18). The van der Waals surface area contributed by atoms with Crippen molar-refractivity contribution < 1.29 is 4.39 Å². The number of aromatic nitrogens is 3. The molecule has 0 radical (unpaired) electrons. The second-order valence-corrected chi connectivity index (χ2v) is 4.62. The second-order valence-electron chi connectivity index (χ2n) is 3.87. The fourth-order valence-corrected chi connectivity index (χ4v) is 1.63. The molecule has 0 aliphatic heterocycles. The van der Waals surface area contributed by atoms with Crippen molar-refractivity contribution >= 4 is 40.8 Å². The zero-order valence-electron chi connectivity index (χ0n) is 10.2. The predicted molar refractivity (Wildman–Crippen MR) is 73.9 cm³/mol. The number of benzene rings is 1. The molecule has 0 amide bonds. The Balaban J connectivity index is 2.35. The molecule has 0 bridgehead atoms. The molecule has 0 fully saturated rings. The van der Waals surface area contributed by atoms with Gasteiger partial charge in [0.05, 0.1) is 10.7 Å². The predicted octanol–water partition coefficient (Wildman–Crippen LogP) is 3.13. The van der Waals surface area contributed by atoms with Crippen LogP contribution in [0.3, 0.4) is 0 Å². The first kappa shape index (κ1) is 13.8. The molecule has 0 atom stereocenters. The van der Waals surface area contributed by atoms with Gasteiger partial charge in [0.25, 0.3) is 0 Å². The largest absolute Gasteiger partial charge is 0.347 e. The van der Waals surface area contributed by atoms with E-state index < -0.39 is 5.82 Å². The van der Waals surface area contributed by atoms with Gasteiger partial charge in [-0.2, -0.15) is 15.0 Å². The number of rotatable bonds is 3. The quantitative estimate of drug-likeness (QED) is 0.944. The Hall–Kier alpha value is -1.66. The smallest absolute Gasteiger partial charge is 0.233 e. The van der Waals surface area contributed by atoms with Crippen molar-refractivity contribution in [2.45, 2.75) is 0 Å². The third-order valence-corrected chi connectivity index (χ3v) is 2.67. The summed E-state index contributed by atoms with van der Waals surface area (Å²) < 4.78 is 13.2. The molecule has 1 heterocycles. The highest BCUT2D eigenvalue weighted by Crippen LogP contribution is 2.25. The van der Waals surface area contributed by atoms with Gasteiger partial charge in [-0.25, -0.2) is 4.39 Å². The van der Waals surface area contributed by atoms with Crippen molar-refractivity contribution in [1.29, 1.82) is 0 Å². The Kier molecular flexibility index (Phi) is 4.01. The van der Waals surface area contributed by atoms with E-state index in [-0.39, 0.29) is 11.2 Å². The van der Waals surface area contributed by atoms with E-state index in [1.54, 1.807) is 19.0 Å². The summed E-state index contributed by atoms with van der Waals surface area (Å²) in [4.78, 5) is 13.6. The minimum absolute atomic E-state index is 0.0359. The minimum atomic E-state index is -0.417. The molecule has 5 nitrogen and oxygen atoms in total. The van der Waals surface area contributed by atoms with E-state index in [2.05, 4.69) is 20.3 Å². The van der Waals surface area contributed by atoms with Crippen molar-refractivity contribution in [1.82, 2.24) is 15.0 Å². The van der Waals surface area contributed by atoms with E-state index in [1.807, 2.05) is 0 Å². The van der Waals surface area contributed by atoms with Gasteiger partial charge in [0.1, 0.15) is 5.82 Å². The summed E-state index contributed by atoms with van der Waals surface area (Å²) in [5, 5.41) is 3.19. The normalized spacial score (nSPS) is 10.4. The molecule has 0 aliphatic carbocycles. The Morgan fingerprint density at radius 1 is 1.16 bits per heavy atom. The fraction of sp³-hybridized carbons (Fsp3) is 0.182. The highest BCUT2D eigenvalue weighted by Gasteiger charge is 2.09. The van der Waals surface area contributed by atoms with E-state index in [4.69, 9.17) is 23.2 Å². The third kappa shape index (κ3) is 3.42. The van der Waals surface area contributed by atoms with Crippen molar-refractivity contribution in [3.05, 3.63) is 34.3 Å². The van der Waals surface area contributed by atoms with Crippen molar-refractivity contribution in [2.75, 3.05) is 24.3 Å². The summed E-state index contributed by atoms with van der Waals surface area (Å²) in [6.07, 6.45) is 0. The van der Waals surface area contributed by atoms with Crippen LogP contribution >= 0.6 is 23.2 Å². The lowest BCUT2D eigenvalue weighted by molar-refractivity contribution is 0.628. The van der Waals surface area contributed by atoms with Crippen LogP contribution in [0.1, 0.15) is 0 Å². The van der Waals surface area contributed by atoms with Crippen molar-refractivity contribution in [3.63, 3.8) is 0 Å². The van der Waals surface area contributed by atoms with Crippen LogP contribution in [0.2, 0.25) is 10.3 Å². The Morgan fingerprint density at radius 2 is 1.89 bits per heavy atom. The molecule has 1 aromatic carbocycles. The van der Waals surface area contributed by atoms with Crippen LogP contribution in [0, 0.1) is 5.82 Å². The van der Waals surface area contributed by atoms with E-state index in [9.17, 15) is 4.39 Å². The lowest BCUT2D eigenvalue weighted by Gasteiger charge is -2.12. The highest BCUT2D eigenvalue weighted by atomic mass is 35.5. The minimum Gasteiger partial charge on any atom is -0.347 e. The topological polar surface area (TPSA) is 53.9 Å². The molecule has 100 valence electrons. The van der Waals surface area contributed by atoms with Crippen LogP contribution in [0.5, 0.6) is 0 Å². The monoisotopic (exact) mass is 301 g/mol. The Morgan fingerprint density at radius 3 is 2.58 bits per heavy atom. The van der Waals surface area contributed by atoms with Gasteiger partial charge in [0.15, 0.2) is 0 Å². The zero-order valence-corrected chi connectivity index (χ0v) is 11.7. The van der Waals surface area contributed by atoms with E-state index >= 15 is 0 Å².